The predicted molar refractivity (Wildman–Crippen MR) is 69.4 cm³/mol. The molecule has 1 aliphatic carbocycles. The van der Waals surface area contributed by atoms with Gasteiger partial charge in [0.15, 0.2) is 5.78 Å². The highest BCUT2D eigenvalue weighted by molar-refractivity contribution is 6.44. The van der Waals surface area contributed by atoms with E-state index < -0.39 is 5.41 Å². The minimum absolute atomic E-state index is 0.0897. The molecule has 0 aromatic heterocycles. The molecule has 1 aromatic carbocycles. The normalized spacial score (nSPS) is 24.2. The molecule has 1 unspecified atom stereocenters. The Balaban J connectivity index is 2.49. The molecule has 1 aromatic rings. The average molecular weight is 249 g/mol. The fourth-order valence-corrected chi connectivity index (χ4v) is 2.08. The molecule has 0 fully saturated rings. The second-order valence-electron chi connectivity index (χ2n) is 4.26. The van der Waals surface area contributed by atoms with E-state index >= 15 is 0 Å². The molecule has 0 radical (unpaired) electrons. The molecule has 0 saturated carbocycles. The van der Waals surface area contributed by atoms with Gasteiger partial charge in [-0.25, -0.2) is 0 Å². The molecule has 4 N–H and O–H groups in total. The number of anilines is 1. The molecule has 0 spiro atoms. The van der Waals surface area contributed by atoms with Gasteiger partial charge in [-0.3, -0.25) is 4.79 Å². The summed E-state index contributed by atoms with van der Waals surface area (Å²) in [5.74, 6) is -0.191. The summed E-state index contributed by atoms with van der Waals surface area (Å²) >= 11 is 5.91. The van der Waals surface area contributed by atoms with Gasteiger partial charge in [-0.2, -0.15) is 0 Å². The lowest BCUT2D eigenvalue weighted by atomic mass is 9.75. The van der Waals surface area contributed by atoms with Crippen molar-refractivity contribution in [2.75, 3.05) is 5.73 Å². The van der Waals surface area contributed by atoms with Crippen LogP contribution in [0.5, 0.6) is 0 Å². The molecule has 0 amide bonds. The Morgan fingerprint density at radius 1 is 1.18 bits per heavy atom. The van der Waals surface area contributed by atoms with Crippen molar-refractivity contribution in [3.05, 3.63) is 52.7 Å². The highest BCUT2D eigenvalue weighted by atomic mass is 35.5. The van der Waals surface area contributed by atoms with Crippen LogP contribution in [-0.4, -0.2) is 5.78 Å². The van der Waals surface area contributed by atoms with E-state index in [-0.39, 0.29) is 10.8 Å². The number of carbonyl (C=O) groups is 1. The second-order valence-corrected chi connectivity index (χ2v) is 4.63. The van der Waals surface area contributed by atoms with Crippen LogP contribution in [0, 0.1) is 0 Å². The van der Waals surface area contributed by atoms with Crippen molar-refractivity contribution in [3.8, 4) is 0 Å². The number of nitrogen functional groups attached to an aromatic ring is 1. The summed E-state index contributed by atoms with van der Waals surface area (Å²) in [6, 6.07) is 7.17. The van der Waals surface area contributed by atoms with Crippen LogP contribution in [0.2, 0.25) is 0 Å². The Morgan fingerprint density at radius 2 is 1.76 bits per heavy atom. The van der Waals surface area contributed by atoms with E-state index in [1.807, 2.05) is 19.1 Å². The van der Waals surface area contributed by atoms with E-state index in [1.165, 1.54) is 0 Å². The minimum Gasteiger partial charge on any atom is -0.399 e. The van der Waals surface area contributed by atoms with Gasteiger partial charge in [0.05, 0.1) is 11.1 Å². The number of allylic oxidation sites excluding steroid dienone is 3. The number of benzene rings is 1. The van der Waals surface area contributed by atoms with Crippen LogP contribution in [0.15, 0.2) is 47.1 Å². The van der Waals surface area contributed by atoms with E-state index in [0.717, 1.165) is 5.56 Å². The Bertz CT molecular complexity index is 531. The molecule has 1 aliphatic rings. The largest absolute Gasteiger partial charge is 0.399 e. The number of Topliss-reactive ketones (excluding diaryl/α,β-unsaturated/α-hetero) is 1. The van der Waals surface area contributed by atoms with Gasteiger partial charge < -0.3 is 11.5 Å². The molecule has 1 atom stereocenters. The third-order valence-corrected chi connectivity index (χ3v) is 3.42. The summed E-state index contributed by atoms with van der Waals surface area (Å²) in [6.45, 7) is 1.81. The summed E-state index contributed by atoms with van der Waals surface area (Å²) in [5.41, 5.74) is 12.3. The molecule has 0 saturated heterocycles. The van der Waals surface area contributed by atoms with Gasteiger partial charge in [0.2, 0.25) is 0 Å². The predicted octanol–water partition coefficient (Wildman–Crippen LogP) is 2.07. The zero-order valence-electron chi connectivity index (χ0n) is 9.41. The van der Waals surface area contributed by atoms with E-state index in [2.05, 4.69) is 0 Å². The zero-order valence-corrected chi connectivity index (χ0v) is 10.2. The van der Waals surface area contributed by atoms with Crippen molar-refractivity contribution in [3.63, 3.8) is 0 Å². The quantitative estimate of drug-likeness (QED) is 0.748. The number of rotatable bonds is 1. The average Bonchev–Trinajstić information content (AvgIpc) is 2.33. The van der Waals surface area contributed by atoms with Crippen molar-refractivity contribution < 1.29 is 4.79 Å². The van der Waals surface area contributed by atoms with Gasteiger partial charge in [0.1, 0.15) is 5.03 Å². The van der Waals surface area contributed by atoms with Crippen LogP contribution in [0.3, 0.4) is 0 Å². The topological polar surface area (TPSA) is 69.1 Å². The van der Waals surface area contributed by atoms with Crippen LogP contribution in [0.25, 0.3) is 0 Å². The Hall–Kier alpha value is -1.74. The lowest BCUT2D eigenvalue weighted by molar-refractivity contribution is -0.118. The fraction of sp³-hybridized carbons (Fsp3) is 0.154. The maximum absolute atomic E-state index is 12.2. The van der Waals surface area contributed by atoms with Gasteiger partial charge in [0.25, 0.3) is 0 Å². The zero-order chi connectivity index (χ0) is 12.6. The number of halogens is 1. The first-order valence-corrected chi connectivity index (χ1v) is 5.58. The summed E-state index contributed by atoms with van der Waals surface area (Å²) in [7, 11) is 0. The highest BCUT2D eigenvalue weighted by Crippen LogP contribution is 2.34. The van der Waals surface area contributed by atoms with Crippen molar-refractivity contribution in [1.82, 2.24) is 0 Å². The molecule has 17 heavy (non-hydrogen) atoms. The number of nitrogens with two attached hydrogens (primary N) is 2. The van der Waals surface area contributed by atoms with Crippen LogP contribution in [0.1, 0.15) is 12.5 Å². The smallest absolute Gasteiger partial charge is 0.190 e. The second kappa shape index (κ2) is 3.93. The van der Waals surface area contributed by atoms with E-state index in [4.69, 9.17) is 23.1 Å². The molecule has 88 valence electrons. The third kappa shape index (κ3) is 1.83. The van der Waals surface area contributed by atoms with Gasteiger partial charge >= 0.3 is 0 Å². The maximum atomic E-state index is 12.2. The number of hydrogen-bond acceptors (Lipinski definition) is 3. The molecule has 0 bridgehead atoms. The van der Waals surface area contributed by atoms with Crippen LogP contribution in [-0.2, 0) is 10.2 Å². The van der Waals surface area contributed by atoms with Gasteiger partial charge in [0, 0.05) is 5.69 Å². The van der Waals surface area contributed by atoms with Gasteiger partial charge in [-0.05, 0) is 30.7 Å². The molecule has 3 nitrogen and oxygen atoms in total. The summed E-state index contributed by atoms with van der Waals surface area (Å²) in [5, 5.41) is 0.0897. The van der Waals surface area contributed by atoms with Crippen molar-refractivity contribution in [2.45, 2.75) is 12.3 Å². The molecule has 0 aliphatic heterocycles. The first-order valence-electron chi connectivity index (χ1n) is 5.20. The Morgan fingerprint density at radius 3 is 2.35 bits per heavy atom. The van der Waals surface area contributed by atoms with Gasteiger partial charge in [-0.15, -0.1) is 0 Å². The molecular weight excluding hydrogens is 236 g/mol. The standard InChI is InChI=1S/C13H13ClN2O/c1-13(8-2-4-9(15)5-3-8)7-6-10(16)11(14)12(13)17/h2-7H,15-16H2,1H3. The molecule has 4 heteroatoms. The van der Waals surface area contributed by atoms with Crippen molar-refractivity contribution in [1.29, 1.82) is 0 Å². The van der Waals surface area contributed by atoms with Crippen molar-refractivity contribution >= 4 is 23.1 Å². The molecular formula is C13H13ClN2O. The van der Waals surface area contributed by atoms with E-state index in [1.54, 1.807) is 24.3 Å². The van der Waals surface area contributed by atoms with E-state index in [0.29, 0.717) is 11.4 Å². The summed E-state index contributed by atoms with van der Waals surface area (Å²) < 4.78 is 0. The van der Waals surface area contributed by atoms with Crippen LogP contribution < -0.4 is 11.5 Å². The third-order valence-electron chi connectivity index (χ3n) is 3.03. The fourth-order valence-electron chi connectivity index (χ4n) is 1.82. The first-order chi connectivity index (χ1) is 7.95. The van der Waals surface area contributed by atoms with E-state index in [9.17, 15) is 4.79 Å². The SMILES string of the molecule is CC1(c2ccc(N)cc2)C=CC(N)=C(Cl)C1=O. The number of carbonyl (C=O) groups excluding carboxylic acids is 1. The lowest BCUT2D eigenvalue weighted by Gasteiger charge is -2.28. The lowest BCUT2D eigenvalue weighted by Crippen LogP contribution is -2.34. The molecule has 0 heterocycles. The maximum Gasteiger partial charge on any atom is 0.190 e. The van der Waals surface area contributed by atoms with Crippen molar-refractivity contribution in [2.24, 2.45) is 5.73 Å². The summed E-state index contributed by atoms with van der Waals surface area (Å²) in [4.78, 5) is 12.2. The first kappa shape index (κ1) is 11.7. The van der Waals surface area contributed by atoms with Crippen LogP contribution >= 0.6 is 11.6 Å². The molecule has 2 rings (SSSR count). The van der Waals surface area contributed by atoms with Crippen LogP contribution in [0.4, 0.5) is 5.69 Å². The Labute approximate surface area is 105 Å². The Kier molecular flexibility index (Phi) is 2.71. The number of hydrogen-bond donors (Lipinski definition) is 2. The summed E-state index contributed by atoms with van der Waals surface area (Å²) in [6.07, 6.45) is 3.43. The number of ketones is 1. The monoisotopic (exact) mass is 248 g/mol. The highest BCUT2D eigenvalue weighted by Gasteiger charge is 2.37. The minimum atomic E-state index is -0.770. The van der Waals surface area contributed by atoms with Gasteiger partial charge in [-0.1, -0.05) is 29.8 Å².